The predicted octanol–water partition coefficient (Wildman–Crippen LogP) is 1.73. The van der Waals surface area contributed by atoms with Crippen molar-refractivity contribution in [1.29, 1.82) is 0 Å². The summed E-state index contributed by atoms with van der Waals surface area (Å²) in [5.74, 6) is 0. The lowest BCUT2D eigenvalue weighted by Crippen LogP contribution is -2.00. The van der Waals surface area contributed by atoms with Crippen molar-refractivity contribution in [2.45, 2.75) is 57.5 Å². The molecule has 0 saturated carbocycles. The van der Waals surface area contributed by atoms with Crippen molar-refractivity contribution in [3.05, 3.63) is 0 Å². The fourth-order valence-corrected chi connectivity index (χ4v) is 1.72. The van der Waals surface area contributed by atoms with Crippen LogP contribution in [0.25, 0.3) is 0 Å². The lowest BCUT2D eigenvalue weighted by Gasteiger charge is -1.87. The third kappa shape index (κ3) is 1.57. The summed E-state index contributed by atoms with van der Waals surface area (Å²) in [5, 5.41) is 0. The second-order valence-corrected chi connectivity index (χ2v) is 3.48. The summed E-state index contributed by atoms with van der Waals surface area (Å²) in [5.41, 5.74) is 0. The maximum Gasteiger partial charge on any atom is 0.0867 e. The molecule has 11 heavy (non-hydrogen) atoms. The van der Waals surface area contributed by atoms with Gasteiger partial charge in [0.1, 0.15) is 0 Å². The van der Waals surface area contributed by atoms with Gasteiger partial charge < -0.3 is 9.47 Å². The van der Waals surface area contributed by atoms with Gasteiger partial charge in [0.2, 0.25) is 0 Å². The van der Waals surface area contributed by atoms with Gasteiger partial charge in [-0.3, -0.25) is 0 Å². The first kappa shape index (κ1) is 7.56. The Kier molecular flexibility index (Phi) is 1.90. The lowest BCUT2D eigenvalue weighted by atomic mass is 10.1. The van der Waals surface area contributed by atoms with E-state index in [1.165, 1.54) is 0 Å². The third-order valence-electron chi connectivity index (χ3n) is 2.64. The average molecular weight is 156 g/mol. The highest BCUT2D eigenvalue weighted by molar-refractivity contribution is 4.93. The largest absolute Gasteiger partial charge is 0.369 e. The monoisotopic (exact) mass is 156 g/mol. The molecule has 0 aromatic heterocycles. The highest BCUT2D eigenvalue weighted by atomic mass is 16.6. The van der Waals surface area contributed by atoms with Crippen molar-refractivity contribution in [1.82, 2.24) is 0 Å². The molecular weight excluding hydrogens is 140 g/mol. The number of hydrogen-bond acceptors (Lipinski definition) is 2. The fraction of sp³-hybridized carbons (Fsp3) is 1.00. The van der Waals surface area contributed by atoms with Crippen molar-refractivity contribution in [3.8, 4) is 0 Å². The van der Waals surface area contributed by atoms with Crippen molar-refractivity contribution in [3.63, 3.8) is 0 Å². The lowest BCUT2D eigenvalue weighted by molar-refractivity contribution is 0.322. The minimum absolute atomic E-state index is 0.529. The Hall–Kier alpha value is -0.0800. The molecule has 0 bridgehead atoms. The van der Waals surface area contributed by atoms with E-state index in [-0.39, 0.29) is 0 Å². The first-order valence-corrected chi connectivity index (χ1v) is 4.66. The van der Waals surface area contributed by atoms with Gasteiger partial charge in [0.25, 0.3) is 0 Å². The first-order valence-electron chi connectivity index (χ1n) is 4.66. The topological polar surface area (TPSA) is 25.1 Å². The summed E-state index contributed by atoms with van der Waals surface area (Å²) >= 11 is 0. The van der Waals surface area contributed by atoms with E-state index in [1.807, 2.05) is 0 Å². The highest BCUT2D eigenvalue weighted by Gasteiger charge is 2.46. The van der Waals surface area contributed by atoms with Crippen LogP contribution in [0.4, 0.5) is 0 Å². The molecule has 2 saturated heterocycles. The Balaban J connectivity index is 1.62. The van der Waals surface area contributed by atoms with Crippen LogP contribution in [-0.4, -0.2) is 24.4 Å². The van der Waals surface area contributed by atoms with Gasteiger partial charge in [-0.25, -0.2) is 0 Å². The van der Waals surface area contributed by atoms with Crippen LogP contribution >= 0.6 is 0 Å². The minimum atomic E-state index is 0.529. The standard InChI is InChI=1S/C9H16O2/c1-3-6-8(10-6)5-9-7(4-2)11-9/h6-9H,3-5H2,1-2H3. The molecule has 0 amide bonds. The molecule has 4 unspecified atom stereocenters. The van der Waals surface area contributed by atoms with Crippen LogP contribution in [0.15, 0.2) is 0 Å². The average Bonchev–Trinajstić information content (AvgIpc) is 2.87. The zero-order valence-electron chi connectivity index (χ0n) is 7.25. The second kappa shape index (κ2) is 2.76. The van der Waals surface area contributed by atoms with Crippen LogP contribution < -0.4 is 0 Å². The quantitative estimate of drug-likeness (QED) is 0.579. The molecule has 2 heteroatoms. The number of hydrogen-bond donors (Lipinski definition) is 0. The Morgan fingerprint density at radius 1 is 0.818 bits per heavy atom. The van der Waals surface area contributed by atoms with E-state index in [0.717, 1.165) is 19.3 Å². The Morgan fingerprint density at radius 3 is 1.55 bits per heavy atom. The van der Waals surface area contributed by atoms with E-state index in [4.69, 9.17) is 9.47 Å². The Labute approximate surface area is 67.9 Å². The van der Waals surface area contributed by atoms with Gasteiger partial charge in [0, 0.05) is 6.42 Å². The second-order valence-electron chi connectivity index (χ2n) is 3.48. The Bertz CT molecular complexity index is 130. The van der Waals surface area contributed by atoms with Crippen LogP contribution in [-0.2, 0) is 9.47 Å². The predicted molar refractivity (Wildman–Crippen MR) is 42.5 cm³/mol. The minimum Gasteiger partial charge on any atom is -0.369 e. The van der Waals surface area contributed by atoms with Gasteiger partial charge in [-0.05, 0) is 12.8 Å². The van der Waals surface area contributed by atoms with Crippen LogP contribution in [0.5, 0.6) is 0 Å². The van der Waals surface area contributed by atoms with Crippen LogP contribution in [0, 0.1) is 0 Å². The molecule has 0 N–H and O–H groups in total. The molecule has 0 radical (unpaired) electrons. The summed E-state index contributed by atoms with van der Waals surface area (Å²) in [4.78, 5) is 0. The van der Waals surface area contributed by atoms with Crippen LogP contribution in [0.3, 0.4) is 0 Å². The van der Waals surface area contributed by atoms with Gasteiger partial charge in [-0.15, -0.1) is 0 Å². The van der Waals surface area contributed by atoms with Crippen molar-refractivity contribution in [2.24, 2.45) is 0 Å². The van der Waals surface area contributed by atoms with Crippen LogP contribution in [0.2, 0.25) is 0 Å². The fourth-order valence-electron chi connectivity index (χ4n) is 1.72. The van der Waals surface area contributed by atoms with E-state index in [9.17, 15) is 0 Å². The molecular formula is C9H16O2. The SMILES string of the molecule is CCC1OC1CC1OC1CC. The van der Waals surface area contributed by atoms with Crippen molar-refractivity contribution in [2.75, 3.05) is 0 Å². The first-order chi connectivity index (χ1) is 5.35. The number of ether oxygens (including phenoxy) is 2. The Morgan fingerprint density at radius 2 is 1.27 bits per heavy atom. The van der Waals surface area contributed by atoms with Crippen molar-refractivity contribution >= 4 is 0 Å². The van der Waals surface area contributed by atoms with Gasteiger partial charge >= 0.3 is 0 Å². The molecule has 0 aromatic rings. The van der Waals surface area contributed by atoms with E-state index in [1.54, 1.807) is 0 Å². The molecule has 2 rings (SSSR count). The van der Waals surface area contributed by atoms with Gasteiger partial charge in [0.15, 0.2) is 0 Å². The third-order valence-corrected chi connectivity index (χ3v) is 2.64. The molecule has 2 fully saturated rings. The molecule has 2 aliphatic heterocycles. The molecule has 4 atom stereocenters. The van der Waals surface area contributed by atoms with E-state index >= 15 is 0 Å². The summed E-state index contributed by atoms with van der Waals surface area (Å²) in [7, 11) is 0. The molecule has 64 valence electrons. The van der Waals surface area contributed by atoms with E-state index in [2.05, 4.69) is 13.8 Å². The normalized spacial score (nSPS) is 47.5. The van der Waals surface area contributed by atoms with Crippen molar-refractivity contribution < 1.29 is 9.47 Å². The summed E-state index contributed by atoms with van der Waals surface area (Å²) in [6, 6.07) is 0. The summed E-state index contributed by atoms with van der Waals surface area (Å²) < 4.78 is 10.9. The maximum atomic E-state index is 5.43. The molecule has 0 aliphatic carbocycles. The van der Waals surface area contributed by atoms with E-state index in [0.29, 0.717) is 24.4 Å². The van der Waals surface area contributed by atoms with Gasteiger partial charge in [-0.1, -0.05) is 13.8 Å². The molecule has 0 spiro atoms. The zero-order chi connectivity index (χ0) is 7.84. The number of rotatable bonds is 4. The molecule has 2 aliphatic rings. The van der Waals surface area contributed by atoms with Gasteiger partial charge in [-0.2, -0.15) is 0 Å². The van der Waals surface area contributed by atoms with Crippen LogP contribution in [0.1, 0.15) is 33.1 Å². The molecule has 0 aromatic carbocycles. The summed E-state index contributed by atoms with van der Waals surface area (Å²) in [6.45, 7) is 4.35. The van der Waals surface area contributed by atoms with E-state index < -0.39 is 0 Å². The van der Waals surface area contributed by atoms with Gasteiger partial charge in [0.05, 0.1) is 24.4 Å². The number of epoxide rings is 2. The molecule has 2 heterocycles. The molecule has 2 nitrogen and oxygen atoms in total. The smallest absolute Gasteiger partial charge is 0.0867 e. The maximum absolute atomic E-state index is 5.43. The highest BCUT2D eigenvalue weighted by Crippen LogP contribution is 2.37. The zero-order valence-corrected chi connectivity index (χ0v) is 7.25. The summed E-state index contributed by atoms with van der Waals surface area (Å²) in [6.07, 6.45) is 5.62.